The minimum atomic E-state index is -4.45. The predicted molar refractivity (Wildman–Crippen MR) is 115 cm³/mol. The molecule has 0 saturated carbocycles. The smallest absolute Gasteiger partial charge is 0.349 e. The second-order valence-corrected chi connectivity index (χ2v) is 7.51. The third-order valence-corrected chi connectivity index (χ3v) is 5.37. The van der Waals surface area contributed by atoms with Crippen molar-refractivity contribution in [3.8, 4) is 11.3 Å². The second-order valence-electron chi connectivity index (χ2n) is 7.51. The summed E-state index contributed by atoms with van der Waals surface area (Å²) in [5, 5.41) is 4.19. The quantitative estimate of drug-likeness (QED) is 0.490. The predicted octanol–water partition coefficient (Wildman–Crippen LogP) is 3.85. The van der Waals surface area contributed by atoms with E-state index in [4.69, 9.17) is 0 Å². The average molecular weight is 445 g/mol. The summed E-state index contributed by atoms with van der Waals surface area (Å²) in [6, 6.07) is 7.07. The first-order chi connectivity index (χ1) is 15.2. The van der Waals surface area contributed by atoms with Crippen molar-refractivity contribution >= 4 is 11.0 Å². The standard InChI is InChI=1S/C22H22F3N5O2/c1-3-9-30-20(31)19-18(29(4-2)21(30)32)10-17(27-19)15-11-26-28(13-15)12-14-7-5-6-8-16(14)22(23,24)25/h5-8,10-11,13,27H,3-4,9,12H2,1-2H3. The minimum absolute atomic E-state index is 0.0567. The van der Waals surface area contributed by atoms with Crippen LogP contribution < -0.4 is 11.2 Å². The molecule has 1 aromatic carbocycles. The van der Waals surface area contributed by atoms with Crippen LogP contribution in [0, 0.1) is 0 Å². The van der Waals surface area contributed by atoms with Crippen molar-refractivity contribution < 1.29 is 13.2 Å². The molecular formula is C22H22F3N5O2. The van der Waals surface area contributed by atoms with E-state index in [1.165, 1.54) is 32.1 Å². The summed E-state index contributed by atoms with van der Waals surface area (Å²) in [5.74, 6) is 0. The summed E-state index contributed by atoms with van der Waals surface area (Å²) in [4.78, 5) is 28.6. The molecule has 0 atom stereocenters. The van der Waals surface area contributed by atoms with E-state index < -0.39 is 17.3 Å². The molecule has 0 spiro atoms. The van der Waals surface area contributed by atoms with Gasteiger partial charge in [-0.05, 0) is 31.0 Å². The largest absolute Gasteiger partial charge is 0.416 e. The molecule has 10 heteroatoms. The lowest BCUT2D eigenvalue weighted by atomic mass is 10.1. The molecule has 0 aliphatic carbocycles. The number of hydrogen-bond donors (Lipinski definition) is 1. The van der Waals surface area contributed by atoms with E-state index in [9.17, 15) is 22.8 Å². The van der Waals surface area contributed by atoms with Crippen molar-refractivity contribution in [3.05, 3.63) is 74.7 Å². The van der Waals surface area contributed by atoms with Crippen molar-refractivity contribution in [2.45, 2.75) is 46.1 Å². The number of hydrogen-bond acceptors (Lipinski definition) is 3. The monoisotopic (exact) mass is 445 g/mol. The number of benzene rings is 1. The van der Waals surface area contributed by atoms with Crippen LogP contribution >= 0.6 is 0 Å². The summed E-state index contributed by atoms with van der Waals surface area (Å²) < 4.78 is 44.0. The van der Waals surface area contributed by atoms with Crippen LogP contribution in [0.15, 0.2) is 52.3 Å². The summed E-state index contributed by atoms with van der Waals surface area (Å²) in [6.07, 6.45) is -0.688. The van der Waals surface area contributed by atoms with Gasteiger partial charge in [0.15, 0.2) is 0 Å². The molecule has 0 bridgehead atoms. The Balaban J connectivity index is 1.74. The molecule has 0 aliphatic rings. The first kappa shape index (κ1) is 21.7. The maximum absolute atomic E-state index is 13.3. The minimum Gasteiger partial charge on any atom is -0.349 e. The van der Waals surface area contributed by atoms with Gasteiger partial charge >= 0.3 is 11.9 Å². The fourth-order valence-corrected chi connectivity index (χ4v) is 3.87. The normalized spacial score (nSPS) is 12.0. The maximum atomic E-state index is 13.3. The van der Waals surface area contributed by atoms with E-state index in [1.807, 2.05) is 13.8 Å². The van der Waals surface area contributed by atoms with Gasteiger partial charge in [-0.2, -0.15) is 18.3 Å². The molecule has 3 heterocycles. The van der Waals surface area contributed by atoms with Crippen LogP contribution in [0.2, 0.25) is 0 Å². The number of nitrogens with zero attached hydrogens (tertiary/aromatic N) is 4. The highest BCUT2D eigenvalue weighted by molar-refractivity contribution is 5.82. The van der Waals surface area contributed by atoms with E-state index in [1.54, 1.807) is 18.3 Å². The van der Waals surface area contributed by atoms with Gasteiger partial charge in [0.2, 0.25) is 0 Å². The van der Waals surface area contributed by atoms with Gasteiger partial charge < -0.3 is 4.98 Å². The molecule has 4 rings (SSSR count). The Morgan fingerprint density at radius 2 is 1.84 bits per heavy atom. The Morgan fingerprint density at radius 3 is 2.53 bits per heavy atom. The van der Waals surface area contributed by atoms with E-state index in [-0.39, 0.29) is 17.8 Å². The summed E-state index contributed by atoms with van der Waals surface area (Å²) in [5.41, 5.74) is 0.599. The SMILES string of the molecule is CCCn1c(=O)c2[nH]c(-c3cnn(Cc4ccccc4C(F)(F)F)c3)cc2n(CC)c1=O. The van der Waals surface area contributed by atoms with Crippen LogP contribution in [-0.4, -0.2) is 23.9 Å². The summed E-state index contributed by atoms with van der Waals surface area (Å²) >= 11 is 0. The van der Waals surface area contributed by atoms with Gasteiger partial charge in [0.25, 0.3) is 5.56 Å². The van der Waals surface area contributed by atoms with Crippen LogP contribution in [0.4, 0.5) is 13.2 Å². The Kier molecular flexibility index (Phi) is 5.53. The van der Waals surface area contributed by atoms with Crippen molar-refractivity contribution in [1.29, 1.82) is 0 Å². The Hall–Kier alpha value is -3.56. The molecule has 0 radical (unpaired) electrons. The lowest BCUT2D eigenvalue weighted by Gasteiger charge is -2.12. The topological polar surface area (TPSA) is 77.6 Å². The molecule has 7 nitrogen and oxygen atoms in total. The molecule has 0 unspecified atom stereocenters. The fourth-order valence-electron chi connectivity index (χ4n) is 3.87. The van der Waals surface area contributed by atoms with E-state index >= 15 is 0 Å². The Morgan fingerprint density at radius 1 is 1.09 bits per heavy atom. The van der Waals surface area contributed by atoms with Crippen molar-refractivity contribution in [2.75, 3.05) is 0 Å². The van der Waals surface area contributed by atoms with Crippen LogP contribution in [0.1, 0.15) is 31.4 Å². The van der Waals surface area contributed by atoms with Crippen molar-refractivity contribution in [2.24, 2.45) is 0 Å². The zero-order chi connectivity index (χ0) is 23.0. The molecule has 168 valence electrons. The van der Waals surface area contributed by atoms with E-state index in [0.717, 1.165) is 6.07 Å². The Bertz CT molecular complexity index is 1390. The van der Waals surface area contributed by atoms with Crippen LogP contribution in [-0.2, 0) is 25.8 Å². The van der Waals surface area contributed by atoms with Gasteiger partial charge in [-0.1, -0.05) is 25.1 Å². The molecule has 1 N–H and O–H groups in total. The van der Waals surface area contributed by atoms with E-state index in [0.29, 0.717) is 41.8 Å². The molecular weight excluding hydrogens is 423 g/mol. The van der Waals surface area contributed by atoms with Crippen molar-refractivity contribution in [3.63, 3.8) is 0 Å². The van der Waals surface area contributed by atoms with Gasteiger partial charge in [0, 0.05) is 24.8 Å². The number of rotatable bonds is 6. The zero-order valence-corrected chi connectivity index (χ0v) is 17.6. The van der Waals surface area contributed by atoms with Gasteiger partial charge in [0.1, 0.15) is 5.52 Å². The van der Waals surface area contributed by atoms with Crippen LogP contribution in [0.5, 0.6) is 0 Å². The second kappa shape index (κ2) is 8.18. The molecule has 3 aromatic heterocycles. The Labute approximate surface area is 180 Å². The number of fused-ring (bicyclic) bond motifs is 1. The van der Waals surface area contributed by atoms with Gasteiger partial charge in [-0.15, -0.1) is 0 Å². The fraction of sp³-hybridized carbons (Fsp3) is 0.318. The number of aryl methyl sites for hydroxylation is 1. The number of aromatic nitrogens is 5. The molecule has 32 heavy (non-hydrogen) atoms. The highest BCUT2D eigenvalue weighted by Crippen LogP contribution is 2.32. The lowest BCUT2D eigenvalue weighted by molar-refractivity contribution is -0.138. The molecule has 0 fully saturated rings. The zero-order valence-electron chi connectivity index (χ0n) is 17.6. The third-order valence-electron chi connectivity index (χ3n) is 5.37. The highest BCUT2D eigenvalue weighted by Gasteiger charge is 2.32. The number of nitrogens with one attached hydrogen (secondary N) is 1. The van der Waals surface area contributed by atoms with E-state index in [2.05, 4.69) is 10.1 Å². The summed E-state index contributed by atoms with van der Waals surface area (Å²) in [6.45, 7) is 4.36. The average Bonchev–Trinajstić information content (AvgIpc) is 3.39. The van der Waals surface area contributed by atoms with Crippen LogP contribution in [0.25, 0.3) is 22.3 Å². The van der Waals surface area contributed by atoms with Gasteiger partial charge in [-0.25, -0.2) is 4.79 Å². The van der Waals surface area contributed by atoms with Gasteiger partial charge in [-0.3, -0.25) is 18.6 Å². The molecule has 0 aliphatic heterocycles. The maximum Gasteiger partial charge on any atom is 0.416 e. The first-order valence-electron chi connectivity index (χ1n) is 10.3. The van der Waals surface area contributed by atoms with Gasteiger partial charge in [0.05, 0.1) is 29.5 Å². The first-order valence-corrected chi connectivity index (χ1v) is 10.3. The lowest BCUT2D eigenvalue weighted by Crippen LogP contribution is -2.39. The number of halogens is 3. The number of aromatic amines is 1. The molecule has 4 aromatic rings. The number of alkyl halides is 3. The third kappa shape index (κ3) is 3.76. The molecule has 0 saturated heterocycles. The molecule has 0 amide bonds. The summed E-state index contributed by atoms with van der Waals surface area (Å²) in [7, 11) is 0. The van der Waals surface area contributed by atoms with Crippen molar-refractivity contribution in [1.82, 2.24) is 23.9 Å². The van der Waals surface area contributed by atoms with Crippen LogP contribution in [0.3, 0.4) is 0 Å². The number of H-pyrrole nitrogens is 1. The highest BCUT2D eigenvalue weighted by atomic mass is 19.4.